The van der Waals surface area contributed by atoms with E-state index in [-0.39, 0.29) is 0 Å². The summed E-state index contributed by atoms with van der Waals surface area (Å²) in [5, 5.41) is 0.391. The van der Waals surface area contributed by atoms with Gasteiger partial charge in [-0.25, -0.2) is 15.0 Å². The number of imidazole rings is 1. The molecular formula is C10H11ClN4O. The van der Waals surface area contributed by atoms with Gasteiger partial charge in [0.05, 0.1) is 6.61 Å². The molecule has 16 heavy (non-hydrogen) atoms. The van der Waals surface area contributed by atoms with E-state index in [2.05, 4.69) is 15.0 Å². The molecule has 1 aliphatic rings. The third kappa shape index (κ3) is 1.25. The van der Waals surface area contributed by atoms with Gasteiger partial charge in [0, 0.05) is 6.54 Å². The number of fused-ring (bicyclic) bond motifs is 3. The van der Waals surface area contributed by atoms with Crippen molar-refractivity contribution in [2.24, 2.45) is 0 Å². The van der Waals surface area contributed by atoms with Gasteiger partial charge in [-0.2, -0.15) is 0 Å². The average Bonchev–Trinajstić information content (AvgIpc) is 2.60. The molecule has 0 saturated heterocycles. The molecule has 0 spiro atoms. The summed E-state index contributed by atoms with van der Waals surface area (Å²) in [5.41, 5.74) is 1.03. The Morgan fingerprint density at radius 1 is 1.44 bits per heavy atom. The number of rotatable bonds is 0. The second-order valence-corrected chi connectivity index (χ2v) is 4.64. The summed E-state index contributed by atoms with van der Waals surface area (Å²) in [6, 6.07) is 0. The molecule has 0 bridgehead atoms. The highest BCUT2D eigenvalue weighted by atomic mass is 35.5. The molecule has 2 aromatic rings. The maximum Gasteiger partial charge on any atom is 0.165 e. The number of ether oxygens (including phenoxy) is 1. The number of nitrogens with zero attached hydrogens (tertiary/aromatic N) is 4. The summed E-state index contributed by atoms with van der Waals surface area (Å²) in [4.78, 5) is 12.7. The van der Waals surface area contributed by atoms with Gasteiger partial charge >= 0.3 is 0 Å². The van der Waals surface area contributed by atoms with Crippen molar-refractivity contribution in [3.63, 3.8) is 0 Å². The van der Waals surface area contributed by atoms with Crippen molar-refractivity contribution in [2.75, 3.05) is 6.61 Å². The summed E-state index contributed by atoms with van der Waals surface area (Å²) in [5.74, 6) is 0.858. The molecule has 0 saturated carbocycles. The molecule has 0 radical (unpaired) electrons. The van der Waals surface area contributed by atoms with Crippen LogP contribution >= 0.6 is 11.6 Å². The highest BCUT2D eigenvalue weighted by Crippen LogP contribution is 2.31. The summed E-state index contributed by atoms with van der Waals surface area (Å²) < 4.78 is 7.73. The first-order chi connectivity index (χ1) is 7.59. The van der Waals surface area contributed by atoms with E-state index in [4.69, 9.17) is 16.3 Å². The van der Waals surface area contributed by atoms with Gasteiger partial charge in [0.2, 0.25) is 0 Å². The zero-order chi connectivity index (χ0) is 11.3. The van der Waals surface area contributed by atoms with Crippen LogP contribution in [0.4, 0.5) is 0 Å². The topological polar surface area (TPSA) is 52.8 Å². The van der Waals surface area contributed by atoms with Crippen molar-refractivity contribution >= 4 is 22.8 Å². The maximum absolute atomic E-state index is 6.00. The molecule has 1 aliphatic heterocycles. The van der Waals surface area contributed by atoms with Crippen LogP contribution in [-0.2, 0) is 16.9 Å². The van der Waals surface area contributed by atoms with Gasteiger partial charge in [-0.1, -0.05) is 11.6 Å². The zero-order valence-electron chi connectivity index (χ0n) is 9.07. The normalized spacial score (nSPS) is 18.7. The molecule has 0 amide bonds. The predicted octanol–water partition coefficient (Wildman–Crippen LogP) is 1.74. The van der Waals surface area contributed by atoms with Gasteiger partial charge in [-0.15, -0.1) is 0 Å². The molecule has 0 fully saturated rings. The van der Waals surface area contributed by atoms with E-state index in [0.29, 0.717) is 17.3 Å². The quantitative estimate of drug-likeness (QED) is 0.656. The third-order valence-electron chi connectivity index (χ3n) is 2.80. The number of hydrogen-bond donors (Lipinski definition) is 0. The highest BCUT2D eigenvalue weighted by molar-refractivity contribution is 6.33. The molecule has 0 aliphatic carbocycles. The Labute approximate surface area is 97.4 Å². The molecule has 6 heteroatoms. The van der Waals surface area contributed by atoms with E-state index in [0.717, 1.165) is 18.0 Å². The lowest BCUT2D eigenvalue weighted by atomic mass is 10.1. The van der Waals surface area contributed by atoms with E-state index < -0.39 is 5.60 Å². The number of hydrogen-bond acceptors (Lipinski definition) is 4. The molecule has 3 rings (SSSR count). The van der Waals surface area contributed by atoms with Crippen LogP contribution in [-0.4, -0.2) is 26.1 Å². The van der Waals surface area contributed by atoms with Crippen LogP contribution in [0.15, 0.2) is 6.33 Å². The molecule has 0 aromatic carbocycles. The van der Waals surface area contributed by atoms with Gasteiger partial charge in [-0.05, 0) is 13.8 Å². The van der Waals surface area contributed by atoms with Crippen molar-refractivity contribution in [3.05, 3.63) is 17.3 Å². The fourth-order valence-corrected chi connectivity index (χ4v) is 2.21. The van der Waals surface area contributed by atoms with Crippen LogP contribution in [0, 0.1) is 0 Å². The van der Waals surface area contributed by atoms with Crippen molar-refractivity contribution in [1.82, 2.24) is 19.5 Å². The molecule has 0 atom stereocenters. The molecule has 84 valence electrons. The van der Waals surface area contributed by atoms with Crippen LogP contribution in [0.3, 0.4) is 0 Å². The molecule has 5 nitrogen and oxygen atoms in total. The fraction of sp³-hybridized carbons (Fsp3) is 0.500. The number of halogens is 1. The third-order valence-corrected chi connectivity index (χ3v) is 3.08. The van der Waals surface area contributed by atoms with E-state index in [1.807, 2.05) is 18.4 Å². The lowest BCUT2D eigenvalue weighted by molar-refractivity contribution is -0.0530. The predicted molar refractivity (Wildman–Crippen MR) is 59.3 cm³/mol. The van der Waals surface area contributed by atoms with Crippen molar-refractivity contribution in [3.8, 4) is 0 Å². The van der Waals surface area contributed by atoms with Crippen molar-refractivity contribution in [1.29, 1.82) is 0 Å². The Balaban J connectivity index is 2.37. The lowest BCUT2D eigenvalue weighted by Gasteiger charge is -2.30. The first kappa shape index (κ1) is 9.99. The smallest absolute Gasteiger partial charge is 0.165 e. The van der Waals surface area contributed by atoms with Crippen LogP contribution in [0.1, 0.15) is 19.7 Å². The Hall–Kier alpha value is -1.20. The summed E-state index contributed by atoms with van der Waals surface area (Å²) in [7, 11) is 0. The van der Waals surface area contributed by atoms with Crippen LogP contribution in [0.2, 0.25) is 5.15 Å². The van der Waals surface area contributed by atoms with Gasteiger partial charge in [0.25, 0.3) is 0 Å². The summed E-state index contributed by atoms with van der Waals surface area (Å²) in [6.45, 7) is 5.39. The molecule has 3 heterocycles. The molecular weight excluding hydrogens is 228 g/mol. The fourth-order valence-electron chi connectivity index (χ4n) is 2.04. The molecule has 2 aromatic heterocycles. The minimum absolute atomic E-state index is 0.391. The largest absolute Gasteiger partial charge is 0.366 e. The van der Waals surface area contributed by atoms with Gasteiger partial charge in [0.1, 0.15) is 23.3 Å². The Morgan fingerprint density at radius 2 is 2.25 bits per heavy atom. The summed E-state index contributed by atoms with van der Waals surface area (Å²) >= 11 is 6.00. The minimum atomic E-state index is -0.401. The van der Waals surface area contributed by atoms with Crippen LogP contribution in [0.25, 0.3) is 11.2 Å². The van der Waals surface area contributed by atoms with E-state index in [1.165, 1.54) is 6.33 Å². The van der Waals surface area contributed by atoms with Gasteiger partial charge in [0.15, 0.2) is 10.8 Å². The average molecular weight is 239 g/mol. The Kier molecular flexibility index (Phi) is 1.96. The van der Waals surface area contributed by atoms with Crippen molar-refractivity contribution < 1.29 is 4.74 Å². The van der Waals surface area contributed by atoms with Crippen LogP contribution < -0.4 is 0 Å². The van der Waals surface area contributed by atoms with E-state index in [9.17, 15) is 0 Å². The maximum atomic E-state index is 6.00. The summed E-state index contributed by atoms with van der Waals surface area (Å²) in [6.07, 6.45) is 1.46. The molecule has 0 unspecified atom stereocenters. The van der Waals surface area contributed by atoms with E-state index >= 15 is 0 Å². The number of aromatic nitrogens is 4. The lowest BCUT2D eigenvalue weighted by Crippen LogP contribution is -2.33. The Bertz CT molecular complexity index is 563. The Morgan fingerprint density at radius 3 is 3.06 bits per heavy atom. The SMILES string of the molecule is CC1(C)OCCn2c1nc1c(Cl)ncnc12. The second-order valence-electron chi connectivity index (χ2n) is 4.28. The highest BCUT2D eigenvalue weighted by Gasteiger charge is 2.32. The first-order valence-electron chi connectivity index (χ1n) is 5.11. The zero-order valence-corrected chi connectivity index (χ0v) is 9.82. The first-order valence-corrected chi connectivity index (χ1v) is 5.48. The van der Waals surface area contributed by atoms with Crippen molar-refractivity contribution in [2.45, 2.75) is 26.0 Å². The standard InChI is InChI=1S/C10H11ClN4O/c1-10(2)9-14-6-7(11)12-5-13-8(6)15(9)3-4-16-10/h5H,3-4H2,1-2H3. The van der Waals surface area contributed by atoms with Gasteiger partial charge < -0.3 is 9.30 Å². The van der Waals surface area contributed by atoms with Crippen LogP contribution in [0.5, 0.6) is 0 Å². The minimum Gasteiger partial charge on any atom is -0.366 e. The monoisotopic (exact) mass is 238 g/mol. The second kappa shape index (κ2) is 3.15. The molecule has 0 N–H and O–H groups in total. The van der Waals surface area contributed by atoms with E-state index in [1.54, 1.807) is 0 Å². The van der Waals surface area contributed by atoms with Gasteiger partial charge in [-0.3, -0.25) is 0 Å².